The van der Waals surface area contributed by atoms with Gasteiger partial charge in [0.05, 0.1) is 5.56 Å². The summed E-state index contributed by atoms with van der Waals surface area (Å²) in [4.78, 5) is 30.6. The van der Waals surface area contributed by atoms with Crippen LogP contribution >= 0.6 is 0 Å². The van der Waals surface area contributed by atoms with Gasteiger partial charge in [0.25, 0.3) is 11.8 Å². The molecule has 2 aliphatic heterocycles. The van der Waals surface area contributed by atoms with Crippen LogP contribution < -0.4 is 10.2 Å². The Morgan fingerprint density at radius 3 is 2.33 bits per heavy atom. The van der Waals surface area contributed by atoms with Gasteiger partial charge in [0, 0.05) is 43.1 Å². The van der Waals surface area contributed by atoms with E-state index in [9.17, 15) is 9.59 Å². The second kappa shape index (κ2) is 9.10. The third kappa shape index (κ3) is 4.36. The maximum Gasteiger partial charge on any atom is 0.256 e. The molecule has 1 fully saturated rings. The maximum absolute atomic E-state index is 13.5. The number of aryl methyl sites for hydroxylation is 1. The molecule has 168 valence electrons. The Labute approximate surface area is 195 Å². The van der Waals surface area contributed by atoms with E-state index in [1.165, 1.54) is 11.1 Å². The molecule has 0 aromatic heterocycles. The second-order valence-corrected chi connectivity index (χ2v) is 8.94. The lowest BCUT2D eigenvalue weighted by molar-refractivity contribution is 0.0793. The number of amides is 2. The molecule has 5 rings (SSSR count). The first-order chi connectivity index (χ1) is 16.1. The minimum atomic E-state index is -0.160. The first-order valence-electron chi connectivity index (χ1n) is 11.7. The summed E-state index contributed by atoms with van der Waals surface area (Å²) >= 11 is 0. The molecule has 5 heteroatoms. The van der Waals surface area contributed by atoms with Crippen molar-refractivity contribution in [1.82, 2.24) is 4.90 Å². The van der Waals surface area contributed by atoms with E-state index in [-0.39, 0.29) is 11.8 Å². The van der Waals surface area contributed by atoms with E-state index in [0.29, 0.717) is 16.8 Å². The van der Waals surface area contributed by atoms with Gasteiger partial charge in [-0.2, -0.15) is 0 Å². The van der Waals surface area contributed by atoms with Crippen molar-refractivity contribution in [2.45, 2.75) is 32.7 Å². The van der Waals surface area contributed by atoms with Gasteiger partial charge in [-0.25, -0.2) is 0 Å². The zero-order valence-electron chi connectivity index (χ0n) is 19.0. The maximum atomic E-state index is 13.5. The SMILES string of the molecule is Cc1ccccc1C(=O)Nc1ccc(N2CCc3ccccc3C2)c(C(=O)N2CCCC2)c1. The molecular weight excluding hydrogens is 410 g/mol. The molecule has 0 aliphatic carbocycles. The number of nitrogens with zero attached hydrogens (tertiary/aromatic N) is 2. The summed E-state index contributed by atoms with van der Waals surface area (Å²) in [5.41, 5.74) is 6.50. The highest BCUT2D eigenvalue weighted by atomic mass is 16.2. The number of nitrogens with one attached hydrogen (secondary N) is 1. The van der Waals surface area contributed by atoms with E-state index in [0.717, 1.165) is 56.7 Å². The normalized spacial score (nSPS) is 15.3. The number of benzene rings is 3. The smallest absolute Gasteiger partial charge is 0.256 e. The van der Waals surface area contributed by atoms with Crippen LogP contribution in [0.2, 0.25) is 0 Å². The molecule has 0 atom stereocenters. The summed E-state index contributed by atoms with van der Waals surface area (Å²) in [6.45, 7) is 5.16. The molecule has 0 unspecified atom stereocenters. The standard InChI is InChI=1S/C28H29N3O2/c1-20-8-2-5-11-24(20)27(32)29-23-12-13-26(25(18-23)28(33)30-15-6-7-16-30)31-17-14-21-9-3-4-10-22(21)19-31/h2-5,8-13,18H,6-7,14-17,19H2,1H3,(H,29,32). The van der Waals surface area contributed by atoms with Gasteiger partial charge in [-0.1, -0.05) is 42.5 Å². The molecule has 2 amide bonds. The van der Waals surface area contributed by atoms with Crippen molar-refractivity contribution in [3.8, 4) is 0 Å². The quantitative estimate of drug-likeness (QED) is 0.619. The van der Waals surface area contributed by atoms with Crippen molar-refractivity contribution in [2.75, 3.05) is 29.9 Å². The number of anilines is 2. The van der Waals surface area contributed by atoms with Crippen LogP contribution in [0.5, 0.6) is 0 Å². The van der Waals surface area contributed by atoms with Gasteiger partial charge in [0.2, 0.25) is 0 Å². The minimum absolute atomic E-state index is 0.0494. The monoisotopic (exact) mass is 439 g/mol. The van der Waals surface area contributed by atoms with Crippen LogP contribution in [-0.4, -0.2) is 36.3 Å². The topological polar surface area (TPSA) is 52.7 Å². The van der Waals surface area contributed by atoms with Crippen LogP contribution in [-0.2, 0) is 13.0 Å². The van der Waals surface area contributed by atoms with Crippen LogP contribution in [0.25, 0.3) is 0 Å². The van der Waals surface area contributed by atoms with Crippen molar-refractivity contribution >= 4 is 23.2 Å². The van der Waals surface area contributed by atoms with Crippen molar-refractivity contribution in [3.63, 3.8) is 0 Å². The first-order valence-corrected chi connectivity index (χ1v) is 11.7. The van der Waals surface area contributed by atoms with Crippen molar-refractivity contribution < 1.29 is 9.59 Å². The average Bonchev–Trinajstić information content (AvgIpc) is 3.38. The number of fused-ring (bicyclic) bond motifs is 1. The largest absolute Gasteiger partial charge is 0.366 e. The van der Waals surface area contributed by atoms with Crippen molar-refractivity contribution in [1.29, 1.82) is 0 Å². The number of hydrogen-bond acceptors (Lipinski definition) is 3. The molecule has 1 N–H and O–H groups in total. The summed E-state index contributed by atoms with van der Waals surface area (Å²) in [7, 11) is 0. The predicted molar refractivity (Wildman–Crippen MR) is 132 cm³/mol. The lowest BCUT2D eigenvalue weighted by Crippen LogP contribution is -2.34. The molecule has 1 saturated heterocycles. The molecule has 3 aromatic carbocycles. The van der Waals surface area contributed by atoms with Crippen molar-refractivity contribution in [3.05, 3.63) is 94.5 Å². The van der Waals surface area contributed by atoms with Crippen LogP contribution in [0, 0.1) is 6.92 Å². The Morgan fingerprint density at radius 1 is 0.818 bits per heavy atom. The third-order valence-corrected chi connectivity index (χ3v) is 6.74. The van der Waals surface area contributed by atoms with Gasteiger partial charge in [0.1, 0.15) is 0 Å². The Hall–Kier alpha value is -3.60. The number of carbonyl (C=O) groups excluding carboxylic acids is 2. The molecule has 0 radical (unpaired) electrons. The van der Waals surface area contributed by atoms with E-state index in [4.69, 9.17) is 0 Å². The van der Waals surface area contributed by atoms with Gasteiger partial charge in [-0.15, -0.1) is 0 Å². The first kappa shape index (κ1) is 21.3. The summed E-state index contributed by atoms with van der Waals surface area (Å²) in [5, 5.41) is 3.00. The highest BCUT2D eigenvalue weighted by molar-refractivity contribution is 6.07. The number of rotatable bonds is 4. The zero-order chi connectivity index (χ0) is 22.8. The van der Waals surface area contributed by atoms with E-state index in [1.54, 1.807) is 0 Å². The zero-order valence-corrected chi connectivity index (χ0v) is 19.0. The molecule has 2 aliphatic rings. The van der Waals surface area contributed by atoms with E-state index in [1.807, 2.05) is 54.3 Å². The number of carbonyl (C=O) groups is 2. The fraction of sp³-hybridized carbons (Fsp3) is 0.286. The minimum Gasteiger partial charge on any atom is -0.366 e. The molecule has 0 bridgehead atoms. The lowest BCUT2D eigenvalue weighted by Gasteiger charge is -2.33. The summed E-state index contributed by atoms with van der Waals surface area (Å²) < 4.78 is 0. The van der Waals surface area contributed by atoms with Gasteiger partial charge in [0.15, 0.2) is 0 Å². The van der Waals surface area contributed by atoms with Gasteiger partial charge in [-0.05, 0) is 67.1 Å². The fourth-order valence-corrected chi connectivity index (χ4v) is 4.88. The van der Waals surface area contributed by atoms with Crippen LogP contribution in [0.15, 0.2) is 66.7 Å². The molecule has 2 heterocycles. The van der Waals surface area contributed by atoms with E-state index in [2.05, 4.69) is 34.5 Å². The van der Waals surface area contributed by atoms with Crippen LogP contribution in [0.3, 0.4) is 0 Å². The summed E-state index contributed by atoms with van der Waals surface area (Å²) in [5.74, 6) is -0.110. The molecule has 33 heavy (non-hydrogen) atoms. The Morgan fingerprint density at radius 2 is 1.55 bits per heavy atom. The lowest BCUT2D eigenvalue weighted by atomic mass is 9.98. The second-order valence-electron chi connectivity index (χ2n) is 8.94. The Balaban J connectivity index is 1.47. The van der Waals surface area contributed by atoms with Crippen LogP contribution in [0.4, 0.5) is 11.4 Å². The third-order valence-electron chi connectivity index (χ3n) is 6.74. The molecule has 3 aromatic rings. The van der Waals surface area contributed by atoms with Gasteiger partial charge < -0.3 is 15.1 Å². The molecule has 0 saturated carbocycles. The molecular formula is C28H29N3O2. The van der Waals surface area contributed by atoms with Crippen molar-refractivity contribution in [2.24, 2.45) is 0 Å². The summed E-state index contributed by atoms with van der Waals surface area (Å²) in [6.07, 6.45) is 3.04. The van der Waals surface area contributed by atoms with E-state index >= 15 is 0 Å². The number of hydrogen-bond donors (Lipinski definition) is 1. The summed E-state index contributed by atoms with van der Waals surface area (Å²) in [6, 6.07) is 21.8. The highest BCUT2D eigenvalue weighted by Crippen LogP contribution is 2.31. The fourth-order valence-electron chi connectivity index (χ4n) is 4.88. The number of likely N-dealkylation sites (tertiary alicyclic amines) is 1. The molecule has 0 spiro atoms. The molecule has 5 nitrogen and oxygen atoms in total. The van der Waals surface area contributed by atoms with E-state index < -0.39 is 0 Å². The van der Waals surface area contributed by atoms with Gasteiger partial charge in [-0.3, -0.25) is 9.59 Å². The van der Waals surface area contributed by atoms with Crippen LogP contribution in [0.1, 0.15) is 50.2 Å². The highest BCUT2D eigenvalue weighted by Gasteiger charge is 2.26. The predicted octanol–water partition coefficient (Wildman–Crippen LogP) is 5.05. The Bertz CT molecular complexity index is 1200. The van der Waals surface area contributed by atoms with Gasteiger partial charge >= 0.3 is 0 Å². The average molecular weight is 440 g/mol. The Kier molecular flexibility index (Phi) is 5.86.